The van der Waals surface area contributed by atoms with Crippen LogP contribution in [0.3, 0.4) is 0 Å². The smallest absolute Gasteiger partial charge is 0.243 e. The van der Waals surface area contributed by atoms with Gasteiger partial charge >= 0.3 is 0 Å². The summed E-state index contributed by atoms with van der Waals surface area (Å²) in [5, 5.41) is 2.78. The Hall–Kier alpha value is -1.92. The van der Waals surface area contributed by atoms with Gasteiger partial charge in [-0.15, -0.1) is 0 Å². The molecule has 1 atom stereocenters. The molecule has 2 amide bonds. The first-order chi connectivity index (χ1) is 10.6. The maximum absolute atomic E-state index is 12.7. The Balaban J connectivity index is 1.81. The number of fused-ring (bicyclic) bond motifs is 1. The van der Waals surface area contributed by atoms with Gasteiger partial charge in [0.2, 0.25) is 11.8 Å². The lowest BCUT2D eigenvalue weighted by Crippen LogP contribution is -2.45. The van der Waals surface area contributed by atoms with Crippen LogP contribution in [0.2, 0.25) is 0 Å². The Morgan fingerprint density at radius 2 is 2.05 bits per heavy atom. The molecule has 2 heterocycles. The van der Waals surface area contributed by atoms with Gasteiger partial charge < -0.3 is 20.7 Å². The Morgan fingerprint density at radius 3 is 2.82 bits per heavy atom. The second-order valence-corrected chi connectivity index (χ2v) is 5.88. The van der Waals surface area contributed by atoms with Crippen LogP contribution in [-0.4, -0.2) is 37.6 Å². The monoisotopic (exact) mass is 303 g/mol. The summed E-state index contributed by atoms with van der Waals surface area (Å²) in [6.45, 7) is 1.65. The van der Waals surface area contributed by atoms with E-state index < -0.39 is 6.04 Å². The van der Waals surface area contributed by atoms with Crippen LogP contribution in [0.25, 0.3) is 0 Å². The van der Waals surface area contributed by atoms with Gasteiger partial charge in [-0.3, -0.25) is 9.59 Å². The minimum absolute atomic E-state index is 0.0197. The van der Waals surface area contributed by atoms with E-state index in [1.807, 2.05) is 18.2 Å². The molecule has 2 aliphatic heterocycles. The lowest BCUT2D eigenvalue weighted by Gasteiger charge is -2.27. The first-order valence-corrected chi connectivity index (χ1v) is 7.68. The van der Waals surface area contributed by atoms with Crippen molar-refractivity contribution in [2.24, 2.45) is 11.7 Å². The van der Waals surface area contributed by atoms with Crippen LogP contribution in [0.15, 0.2) is 24.3 Å². The van der Waals surface area contributed by atoms with Crippen molar-refractivity contribution in [3.05, 3.63) is 24.3 Å². The summed E-state index contributed by atoms with van der Waals surface area (Å²) in [6, 6.07) is 6.61. The van der Waals surface area contributed by atoms with Gasteiger partial charge in [0.15, 0.2) is 0 Å². The highest BCUT2D eigenvalue weighted by Gasteiger charge is 2.30. The molecule has 1 aromatic rings. The number of carbonyl (C=O) groups is 2. The molecular formula is C16H21N3O3. The Morgan fingerprint density at radius 1 is 1.32 bits per heavy atom. The molecular weight excluding hydrogens is 282 g/mol. The fraction of sp³-hybridized carbons (Fsp3) is 0.500. The van der Waals surface area contributed by atoms with Crippen LogP contribution in [0.1, 0.15) is 19.3 Å². The van der Waals surface area contributed by atoms with Gasteiger partial charge in [0.05, 0.1) is 17.9 Å². The average molecular weight is 303 g/mol. The molecule has 0 spiro atoms. The third-order valence-electron chi connectivity index (χ3n) is 4.27. The molecule has 1 fully saturated rings. The van der Waals surface area contributed by atoms with E-state index in [0.29, 0.717) is 31.2 Å². The van der Waals surface area contributed by atoms with Crippen LogP contribution < -0.4 is 16.0 Å². The highest BCUT2D eigenvalue weighted by molar-refractivity contribution is 6.05. The first-order valence-electron chi connectivity index (χ1n) is 7.68. The third kappa shape index (κ3) is 3.13. The number of nitrogens with two attached hydrogens (primary N) is 1. The van der Waals surface area contributed by atoms with Gasteiger partial charge in [-0.1, -0.05) is 12.1 Å². The van der Waals surface area contributed by atoms with Gasteiger partial charge in [0.1, 0.15) is 6.04 Å². The van der Waals surface area contributed by atoms with Crippen molar-refractivity contribution < 1.29 is 14.3 Å². The molecule has 2 aliphatic rings. The quantitative estimate of drug-likeness (QED) is 0.857. The second-order valence-electron chi connectivity index (χ2n) is 5.88. The zero-order chi connectivity index (χ0) is 15.5. The largest absolute Gasteiger partial charge is 0.381 e. The fourth-order valence-corrected chi connectivity index (χ4v) is 2.96. The minimum atomic E-state index is -0.717. The molecule has 6 nitrogen and oxygen atoms in total. The Labute approximate surface area is 129 Å². The second kappa shape index (κ2) is 6.46. The summed E-state index contributed by atoms with van der Waals surface area (Å²) < 4.78 is 5.33. The normalized spacial score (nSPS) is 22.7. The first kappa shape index (κ1) is 15.0. The van der Waals surface area contributed by atoms with Gasteiger partial charge in [-0.05, 0) is 30.9 Å². The van der Waals surface area contributed by atoms with Crippen LogP contribution in [0.5, 0.6) is 0 Å². The maximum atomic E-state index is 12.7. The Bertz CT molecular complexity index is 570. The van der Waals surface area contributed by atoms with E-state index in [9.17, 15) is 9.59 Å². The SMILES string of the molecule is N[C@H]1CN(C(=O)CC2CCOCC2)c2ccccc2NC1=O. The summed E-state index contributed by atoms with van der Waals surface area (Å²) in [7, 11) is 0. The van der Waals surface area contributed by atoms with Gasteiger partial charge in [-0.25, -0.2) is 0 Å². The number of nitrogens with zero attached hydrogens (tertiary/aromatic N) is 1. The molecule has 118 valence electrons. The van der Waals surface area contributed by atoms with Gasteiger partial charge in [0.25, 0.3) is 0 Å². The van der Waals surface area contributed by atoms with Crippen LogP contribution in [0, 0.1) is 5.92 Å². The van der Waals surface area contributed by atoms with Crippen LogP contribution >= 0.6 is 0 Å². The van der Waals surface area contributed by atoms with Crippen molar-refractivity contribution in [2.75, 3.05) is 30.0 Å². The lowest BCUT2D eigenvalue weighted by atomic mass is 9.95. The molecule has 0 bridgehead atoms. The number of amides is 2. The molecule has 0 aromatic heterocycles. The zero-order valence-electron chi connectivity index (χ0n) is 12.5. The number of anilines is 2. The molecule has 3 rings (SSSR count). The molecule has 0 aliphatic carbocycles. The molecule has 0 unspecified atom stereocenters. The summed E-state index contributed by atoms with van der Waals surface area (Å²) >= 11 is 0. The van der Waals surface area contributed by atoms with E-state index in [1.165, 1.54) is 0 Å². The lowest BCUT2D eigenvalue weighted by molar-refractivity contribution is -0.120. The maximum Gasteiger partial charge on any atom is 0.243 e. The molecule has 3 N–H and O–H groups in total. The van der Waals surface area contributed by atoms with E-state index in [4.69, 9.17) is 10.5 Å². The van der Waals surface area contributed by atoms with E-state index >= 15 is 0 Å². The van der Waals surface area contributed by atoms with E-state index in [1.54, 1.807) is 11.0 Å². The predicted molar refractivity (Wildman–Crippen MR) is 83.6 cm³/mol. The summed E-state index contributed by atoms with van der Waals surface area (Å²) in [6.07, 6.45) is 2.29. The minimum Gasteiger partial charge on any atom is -0.381 e. The zero-order valence-corrected chi connectivity index (χ0v) is 12.5. The molecule has 22 heavy (non-hydrogen) atoms. The number of ether oxygens (including phenoxy) is 1. The highest BCUT2D eigenvalue weighted by atomic mass is 16.5. The number of para-hydroxylation sites is 2. The highest BCUT2D eigenvalue weighted by Crippen LogP contribution is 2.30. The summed E-state index contributed by atoms with van der Waals surface area (Å²) in [4.78, 5) is 26.3. The molecule has 0 saturated carbocycles. The van der Waals surface area contributed by atoms with Crippen molar-refractivity contribution in [3.63, 3.8) is 0 Å². The molecule has 0 radical (unpaired) electrons. The van der Waals surface area contributed by atoms with Crippen molar-refractivity contribution in [2.45, 2.75) is 25.3 Å². The predicted octanol–water partition coefficient (Wildman–Crippen LogP) is 1.12. The topological polar surface area (TPSA) is 84.7 Å². The van der Waals surface area contributed by atoms with Gasteiger partial charge in [-0.2, -0.15) is 0 Å². The number of benzene rings is 1. The van der Waals surface area contributed by atoms with E-state index in [-0.39, 0.29) is 18.4 Å². The number of hydrogen-bond acceptors (Lipinski definition) is 4. The van der Waals surface area contributed by atoms with E-state index in [2.05, 4.69) is 5.32 Å². The van der Waals surface area contributed by atoms with E-state index in [0.717, 1.165) is 18.5 Å². The third-order valence-corrected chi connectivity index (χ3v) is 4.27. The number of nitrogens with one attached hydrogen (secondary N) is 1. The number of carbonyl (C=O) groups excluding carboxylic acids is 2. The van der Waals surface area contributed by atoms with Crippen LogP contribution in [-0.2, 0) is 14.3 Å². The molecule has 1 aromatic carbocycles. The van der Waals surface area contributed by atoms with Crippen molar-refractivity contribution >= 4 is 23.2 Å². The number of hydrogen-bond donors (Lipinski definition) is 2. The summed E-state index contributed by atoms with van der Waals surface area (Å²) in [5.74, 6) is 0.108. The average Bonchev–Trinajstić information content (AvgIpc) is 2.66. The van der Waals surface area contributed by atoms with Gasteiger partial charge in [0, 0.05) is 19.6 Å². The standard InChI is InChI=1S/C16H21N3O3/c17-12-10-19(15(20)9-11-5-7-22-8-6-11)14-4-2-1-3-13(14)18-16(12)21/h1-4,11-12H,5-10,17H2,(H,18,21)/t12-/m0/s1. The van der Waals surface area contributed by atoms with Crippen molar-refractivity contribution in [1.82, 2.24) is 0 Å². The Kier molecular flexibility index (Phi) is 4.40. The van der Waals surface area contributed by atoms with Crippen molar-refractivity contribution in [3.8, 4) is 0 Å². The van der Waals surface area contributed by atoms with Crippen LogP contribution in [0.4, 0.5) is 11.4 Å². The molecule has 1 saturated heterocycles. The van der Waals surface area contributed by atoms with Crippen molar-refractivity contribution in [1.29, 1.82) is 0 Å². The fourth-order valence-electron chi connectivity index (χ4n) is 2.96. The summed E-state index contributed by atoms with van der Waals surface area (Å²) in [5.41, 5.74) is 7.26. The molecule has 6 heteroatoms. The number of rotatable bonds is 2.